The van der Waals surface area contributed by atoms with E-state index in [1.54, 1.807) is 60.7 Å². The van der Waals surface area contributed by atoms with Gasteiger partial charge in [0.25, 0.3) is 0 Å². The van der Waals surface area contributed by atoms with Crippen LogP contribution in [0, 0.1) is 10.1 Å². The molecule has 0 bridgehead atoms. The Hall–Kier alpha value is -3.10. The summed E-state index contributed by atoms with van der Waals surface area (Å²) in [4.78, 5) is 23.0. The van der Waals surface area contributed by atoms with Gasteiger partial charge in [-0.15, -0.1) is 0 Å². The number of amides is 1. The molecule has 1 N–H and O–H groups in total. The van der Waals surface area contributed by atoms with Gasteiger partial charge >= 0.3 is 194 Å². The maximum atomic E-state index is 14.2. The van der Waals surface area contributed by atoms with Crippen molar-refractivity contribution in [1.82, 2.24) is 5.32 Å². The second-order valence-corrected chi connectivity index (χ2v) is 9.68. The zero-order chi connectivity index (χ0) is 23.0. The first kappa shape index (κ1) is 23.6. The normalized spacial score (nSPS) is 11.9. The first-order valence-electron chi connectivity index (χ1n) is 9.68. The molecule has 1 amide bonds. The fourth-order valence-electron chi connectivity index (χ4n) is 2.84. The third kappa shape index (κ3) is 6.21. The van der Waals surface area contributed by atoms with E-state index in [1.165, 1.54) is 24.3 Å². The van der Waals surface area contributed by atoms with Gasteiger partial charge in [-0.1, -0.05) is 0 Å². The molecule has 32 heavy (non-hydrogen) atoms. The molecule has 0 aliphatic heterocycles. The Labute approximate surface area is 193 Å². The van der Waals surface area contributed by atoms with Crippen LogP contribution in [-0.4, -0.2) is 27.3 Å². The maximum absolute atomic E-state index is 14.2. The monoisotopic (exact) mass is 513 g/mol. The topological polar surface area (TPSA) is 108 Å². The second-order valence-electron chi connectivity index (χ2n) is 6.67. The second kappa shape index (κ2) is 11.0. The summed E-state index contributed by atoms with van der Waals surface area (Å²) >= 11 is 1.85. The predicted molar refractivity (Wildman–Crippen MR) is 121 cm³/mol. The Morgan fingerprint density at radius 2 is 1.44 bits per heavy atom. The molecule has 10 heteroatoms. The minimum absolute atomic E-state index is 0.129. The average Bonchev–Trinajstić information content (AvgIpc) is 2.79. The van der Waals surface area contributed by atoms with Gasteiger partial charge in [0.2, 0.25) is 0 Å². The molecule has 3 radical (unpaired) electrons. The number of hydrogen-bond acceptors (Lipinski definition) is 6. The number of carbonyl (C=O) groups excluding carboxylic acids is 1. The van der Waals surface area contributed by atoms with E-state index in [1.807, 2.05) is 16.5 Å². The molecule has 0 aliphatic rings. The van der Waals surface area contributed by atoms with E-state index in [2.05, 4.69) is 5.32 Å². The molecule has 0 heterocycles. The fraction of sp³-hybridized carbons (Fsp3) is 0.136. The molecule has 1 unspecified atom stereocenters. The number of non-ortho nitro benzene ring substituents is 1. The van der Waals surface area contributed by atoms with Crippen LogP contribution in [-0.2, 0) is 9.36 Å². The molecule has 8 nitrogen and oxygen atoms in total. The Morgan fingerprint density at radius 1 is 0.938 bits per heavy atom. The first-order valence-corrected chi connectivity index (χ1v) is 12.8. The molecule has 0 fully saturated rings. The molecule has 0 saturated heterocycles. The number of nitro groups is 1. The average molecular weight is 512 g/mol. The van der Waals surface area contributed by atoms with Crippen molar-refractivity contribution in [1.29, 1.82) is 0 Å². The summed E-state index contributed by atoms with van der Waals surface area (Å²) in [6, 6.07) is 22.4. The SMILES string of the molecule is O=C(C[CH2][Ge])NC(c1ccc([N+](=O)[O-])cc1)P(=O)(Oc1ccccc1)Oc1ccccc1. The number of para-hydroxylation sites is 2. The van der Waals surface area contributed by atoms with Gasteiger partial charge in [0.05, 0.1) is 0 Å². The number of benzene rings is 3. The van der Waals surface area contributed by atoms with Crippen molar-refractivity contribution >= 4 is 35.7 Å². The van der Waals surface area contributed by atoms with Crippen molar-refractivity contribution in [3.8, 4) is 11.5 Å². The zero-order valence-electron chi connectivity index (χ0n) is 16.9. The molecule has 1 atom stereocenters. The molecule has 0 saturated carbocycles. The van der Waals surface area contributed by atoms with Gasteiger partial charge in [-0.3, -0.25) is 0 Å². The van der Waals surface area contributed by atoms with E-state index < -0.39 is 18.3 Å². The van der Waals surface area contributed by atoms with Crippen LogP contribution in [0.4, 0.5) is 5.69 Å². The Balaban J connectivity index is 2.06. The van der Waals surface area contributed by atoms with Gasteiger partial charge < -0.3 is 0 Å². The standard InChI is InChI=1S/C22H20GeN2O6P/c23-16-15-21(26)24-22(17-11-13-18(14-12-17)25(27)28)32(29,30-19-7-3-1-4-8-19)31-20-9-5-2-6-10-20/h1-14,22H,15-16H2,(H,24,26). The van der Waals surface area contributed by atoms with Crippen LogP contribution >= 0.6 is 7.60 Å². The molecule has 0 spiro atoms. The number of rotatable bonds is 10. The number of hydrogen-bond donors (Lipinski definition) is 1. The Bertz CT molecular complexity index is 1050. The van der Waals surface area contributed by atoms with E-state index in [-0.39, 0.29) is 18.0 Å². The van der Waals surface area contributed by atoms with E-state index in [0.717, 1.165) is 0 Å². The summed E-state index contributed by atoms with van der Waals surface area (Å²) in [5.74, 6) is -0.945. The summed E-state index contributed by atoms with van der Waals surface area (Å²) in [5.41, 5.74) is 0.227. The molecule has 3 rings (SSSR count). The number of nitrogens with zero attached hydrogens (tertiary/aromatic N) is 1. The van der Waals surface area contributed by atoms with E-state index in [0.29, 0.717) is 22.3 Å². The predicted octanol–water partition coefficient (Wildman–Crippen LogP) is 5.04. The van der Waals surface area contributed by atoms with Crippen LogP contribution in [0.1, 0.15) is 17.8 Å². The van der Waals surface area contributed by atoms with Crippen molar-refractivity contribution in [2.45, 2.75) is 17.5 Å². The van der Waals surface area contributed by atoms with E-state index in [9.17, 15) is 19.5 Å². The van der Waals surface area contributed by atoms with Crippen LogP contribution in [0.5, 0.6) is 11.5 Å². The molecule has 3 aromatic carbocycles. The molecular weight excluding hydrogens is 492 g/mol. The van der Waals surface area contributed by atoms with Gasteiger partial charge in [-0.05, 0) is 0 Å². The third-order valence-corrected chi connectivity index (χ3v) is 6.85. The molecular formula is C22H20GeN2O6P. The van der Waals surface area contributed by atoms with Crippen molar-refractivity contribution in [2.75, 3.05) is 0 Å². The van der Waals surface area contributed by atoms with Crippen molar-refractivity contribution < 1.29 is 23.3 Å². The summed E-state index contributed by atoms with van der Waals surface area (Å²) in [6.45, 7) is 0. The Kier molecular flexibility index (Phi) is 8.08. The third-order valence-electron chi connectivity index (χ3n) is 4.34. The molecule has 0 aliphatic carbocycles. The number of nitro benzene ring substituents is 1. The van der Waals surface area contributed by atoms with E-state index >= 15 is 0 Å². The summed E-state index contributed by atoms with van der Waals surface area (Å²) in [6.07, 6.45) is 0.208. The summed E-state index contributed by atoms with van der Waals surface area (Å²) in [5, 5.41) is 14.4. The van der Waals surface area contributed by atoms with Gasteiger partial charge in [0.15, 0.2) is 0 Å². The summed E-state index contributed by atoms with van der Waals surface area (Å²) in [7, 11) is -4.11. The quantitative estimate of drug-likeness (QED) is 0.177. The molecule has 3 aromatic rings. The van der Waals surface area contributed by atoms with Gasteiger partial charge in [-0.25, -0.2) is 0 Å². The molecule has 0 aromatic heterocycles. The Morgan fingerprint density at radius 3 is 1.88 bits per heavy atom. The fourth-order valence-corrected chi connectivity index (χ4v) is 5.24. The molecule has 163 valence electrons. The van der Waals surface area contributed by atoms with E-state index in [4.69, 9.17) is 9.05 Å². The van der Waals surface area contributed by atoms with Gasteiger partial charge in [0, 0.05) is 0 Å². The van der Waals surface area contributed by atoms with Crippen LogP contribution in [0.2, 0.25) is 5.25 Å². The van der Waals surface area contributed by atoms with Gasteiger partial charge in [0.1, 0.15) is 0 Å². The first-order chi connectivity index (χ1) is 15.4. The number of carbonyl (C=O) groups is 1. The van der Waals surface area contributed by atoms with Crippen molar-refractivity contribution in [3.05, 3.63) is 101 Å². The number of nitrogens with one attached hydrogen (secondary N) is 1. The van der Waals surface area contributed by atoms with Crippen LogP contribution < -0.4 is 14.4 Å². The van der Waals surface area contributed by atoms with Crippen LogP contribution in [0.3, 0.4) is 0 Å². The van der Waals surface area contributed by atoms with Crippen LogP contribution in [0.25, 0.3) is 0 Å². The zero-order valence-corrected chi connectivity index (χ0v) is 19.9. The van der Waals surface area contributed by atoms with Crippen molar-refractivity contribution in [2.24, 2.45) is 0 Å². The minimum atomic E-state index is -4.11. The summed E-state index contributed by atoms with van der Waals surface area (Å²) < 4.78 is 25.9. The van der Waals surface area contributed by atoms with Gasteiger partial charge in [-0.2, -0.15) is 0 Å². The van der Waals surface area contributed by atoms with Crippen molar-refractivity contribution in [3.63, 3.8) is 0 Å². The van der Waals surface area contributed by atoms with Crippen LogP contribution in [0.15, 0.2) is 84.9 Å².